The summed E-state index contributed by atoms with van der Waals surface area (Å²) in [7, 11) is 1.60. The van der Waals surface area contributed by atoms with E-state index < -0.39 is 0 Å². The molecular formula is C13H20FN5. The minimum absolute atomic E-state index is 0.300. The van der Waals surface area contributed by atoms with E-state index in [0.29, 0.717) is 23.8 Å². The minimum atomic E-state index is -0.300. The standard InChI is InChI=1S/C13H20FN5/c1-8(2)19-7-9(3)13(17-19)15-6-11-10(4)16-18(5)12(11)14/h7-8H,6H2,1-5H3,(H,15,17). The van der Waals surface area contributed by atoms with Crippen molar-refractivity contribution in [3.63, 3.8) is 0 Å². The maximum atomic E-state index is 13.8. The van der Waals surface area contributed by atoms with Gasteiger partial charge in [-0.1, -0.05) is 0 Å². The van der Waals surface area contributed by atoms with E-state index in [4.69, 9.17) is 0 Å². The number of anilines is 1. The summed E-state index contributed by atoms with van der Waals surface area (Å²) in [5.41, 5.74) is 2.34. The van der Waals surface area contributed by atoms with Gasteiger partial charge < -0.3 is 5.32 Å². The van der Waals surface area contributed by atoms with Crippen LogP contribution in [0.3, 0.4) is 0 Å². The Hall–Kier alpha value is -1.85. The average Bonchev–Trinajstić information content (AvgIpc) is 2.80. The van der Waals surface area contributed by atoms with E-state index in [-0.39, 0.29) is 5.95 Å². The summed E-state index contributed by atoms with van der Waals surface area (Å²) in [5.74, 6) is 0.488. The monoisotopic (exact) mass is 265 g/mol. The predicted molar refractivity (Wildman–Crippen MR) is 72.6 cm³/mol. The second-order valence-electron chi connectivity index (χ2n) is 5.07. The molecule has 2 rings (SSSR count). The second kappa shape index (κ2) is 5.03. The third kappa shape index (κ3) is 2.62. The Morgan fingerprint density at radius 3 is 2.47 bits per heavy atom. The molecular weight excluding hydrogens is 245 g/mol. The lowest BCUT2D eigenvalue weighted by molar-refractivity contribution is 0.496. The third-order valence-electron chi connectivity index (χ3n) is 3.15. The van der Waals surface area contributed by atoms with Crippen LogP contribution < -0.4 is 5.32 Å². The molecule has 0 aliphatic carbocycles. The largest absolute Gasteiger partial charge is 0.364 e. The first kappa shape index (κ1) is 13.6. The van der Waals surface area contributed by atoms with Crippen molar-refractivity contribution >= 4 is 5.82 Å². The molecule has 5 nitrogen and oxygen atoms in total. The van der Waals surface area contributed by atoms with Gasteiger partial charge in [0, 0.05) is 37.0 Å². The van der Waals surface area contributed by atoms with Crippen LogP contribution in [0.4, 0.5) is 10.2 Å². The Bertz CT molecular complexity index is 582. The number of rotatable bonds is 4. The van der Waals surface area contributed by atoms with Crippen molar-refractivity contribution in [3.8, 4) is 0 Å². The molecule has 0 spiro atoms. The Labute approximate surface area is 112 Å². The number of aromatic nitrogens is 4. The minimum Gasteiger partial charge on any atom is -0.364 e. The molecule has 0 unspecified atom stereocenters. The number of nitrogens with one attached hydrogen (secondary N) is 1. The van der Waals surface area contributed by atoms with Crippen LogP contribution in [0.5, 0.6) is 0 Å². The topological polar surface area (TPSA) is 47.7 Å². The zero-order chi connectivity index (χ0) is 14.2. The molecule has 0 atom stereocenters. The highest BCUT2D eigenvalue weighted by atomic mass is 19.1. The SMILES string of the molecule is Cc1cn(C(C)C)nc1NCc1c(C)nn(C)c1F. The highest BCUT2D eigenvalue weighted by molar-refractivity contribution is 5.42. The number of halogens is 1. The van der Waals surface area contributed by atoms with Crippen molar-refractivity contribution in [2.45, 2.75) is 40.3 Å². The van der Waals surface area contributed by atoms with Gasteiger partial charge in [-0.05, 0) is 27.7 Å². The Balaban J connectivity index is 2.14. The number of hydrogen-bond donors (Lipinski definition) is 1. The van der Waals surface area contributed by atoms with Crippen molar-refractivity contribution in [2.75, 3.05) is 5.32 Å². The van der Waals surface area contributed by atoms with Gasteiger partial charge in [-0.25, -0.2) is 4.68 Å². The molecule has 0 saturated heterocycles. The van der Waals surface area contributed by atoms with Crippen molar-refractivity contribution in [3.05, 3.63) is 29.0 Å². The highest BCUT2D eigenvalue weighted by Crippen LogP contribution is 2.18. The smallest absolute Gasteiger partial charge is 0.216 e. The molecule has 0 aromatic carbocycles. The quantitative estimate of drug-likeness (QED) is 0.924. The summed E-state index contributed by atoms with van der Waals surface area (Å²) in [6.07, 6.45) is 1.99. The zero-order valence-corrected chi connectivity index (χ0v) is 12.0. The van der Waals surface area contributed by atoms with E-state index in [1.54, 1.807) is 14.0 Å². The van der Waals surface area contributed by atoms with Gasteiger partial charge in [-0.3, -0.25) is 4.68 Å². The fourth-order valence-electron chi connectivity index (χ4n) is 1.97. The second-order valence-corrected chi connectivity index (χ2v) is 5.07. The molecule has 6 heteroatoms. The molecule has 0 saturated carbocycles. The van der Waals surface area contributed by atoms with Gasteiger partial charge in [-0.15, -0.1) is 0 Å². The summed E-state index contributed by atoms with van der Waals surface area (Å²) < 4.78 is 16.9. The molecule has 0 amide bonds. The lowest BCUT2D eigenvalue weighted by Gasteiger charge is -2.05. The number of nitrogens with zero attached hydrogens (tertiary/aromatic N) is 4. The number of hydrogen-bond acceptors (Lipinski definition) is 3. The van der Waals surface area contributed by atoms with Gasteiger partial charge in [0.2, 0.25) is 5.95 Å². The summed E-state index contributed by atoms with van der Waals surface area (Å²) in [6, 6.07) is 0.311. The van der Waals surface area contributed by atoms with Crippen molar-refractivity contribution in [1.29, 1.82) is 0 Å². The molecule has 2 aromatic heterocycles. The molecule has 1 N–H and O–H groups in total. The van der Waals surface area contributed by atoms with Crippen LogP contribution in [0.2, 0.25) is 0 Å². The molecule has 2 aromatic rings. The van der Waals surface area contributed by atoms with Crippen LogP contribution >= 0.6 is 0 Å². The lowest BCUT2D eigenvalue weighted by Crippen LogP contribution is -2.06. The van der Waals surface area contributed by atoms with E-state index in [2.05, 4.69) is 29.4 Å². The van der Waals surface area contributed by atoms with Crippen molar-refractivity contribution in [2.24, 2.45) is 7.05 Å². The summed E-state index contributed by atoms with van der Waals surface area (Å²) in [5, 5.41) is 11.7. The van der Waals surface area contributed by atoms with Gasteiger partial charge in [0.1, 0.15) is 0 Å². The fourth-order valence-corrected chi connectivity index (χ4v) is 1.97. The number of aryl methyl sites for hydroxylation is 3. The van der Waals surface area contributed by atoms with Crippen molar-refractivity contribution < 1.29 is 4.39 Å². The van der Waals surface area contributed by atoms with Gasteiger partial charge >= 0.3 is 0 Å². The van der Waals surface area contributed by atoms with Gasteiger partial charge in [-0.2, -0.15) is 14.6 Å². The molecule has 0 aliphatic heterocycles. The Morgan fingerprint density at radius 1 is 1.32 bits per heavy atom. The molecule has 19 heavy (non-hydrogen) atoms. The summed E-state index contributed by atoms with van der Waals surface area (Å²) in [6.45, 7) is 8.32. The van der Waals surface area contributed by atoms with E-state index in [1.165, 1.54) is 4.68 Å². The molecule has 0 bridgehead atoms. The normalized spacial score (nSPS) is 11.3. The first-order chi connectivity index (χ1) is 8.90. The highest BCUT2D eigenvalue weighted by Gasteiger charge is 2.14. The Kier molecular flexibility index (Phi) is 3.59. The van der Waals surface area contributed by atoms with Gasteiger partial charge in [0.15, 0.2) is 5.82 Å². The van der Waals surface area contributed by atoms with Gasteiger partial charge in [0.05, 0.1) is 5.69 Å². The first-order valence-electron chi connectivity index (χ1n) is 6.37. The molecule has 0 aliphatic rings. The van der Waals surface area contributed by atoms with Crippen LogP contribution in [0, 0.1) is 19.8 Å². The molecule has 0 fully saturated rings. The van der Waals surface area contributed by atoms with E-state index >= 15 is 0 Å². The fraction of sp³-hybridized carbons (Fsp3) is 0.538. The first-order valence-corrected chi connectivity index (χ1v) is 6.37. The molecule has 0 radical (unpaired) electrons. The van der Waals surface area contributed by atoms with Gasteiger partial charge in [0.25, 0.3) is 0 Å². The van der Waals surface area contributed by atoms with Crippen LogP contribution in [0.1, 0.15) is 36.7 Å². The summed E-state index contributed by atoms with van der Waals surface area (Å²) in [4.78, 5) is 0. The lowest BCUT2D eigenvalue weighted by atomic mass is 10.2. The Morgan fingerprint density at radius 2 is 2.00 bits per heavy atom. The maximum absolute atomic E-state index is 13.8. The average molecular weight is 265 g/mol. The predicted octanol–water partition coefficient (Wildman–Crippen LogP) is 2.57. The molecule has 104 valence electrons. The third-order valence-corrected chi connectivity index (χ3v) is 3.15. The van der Waals surface area contributed by atoms with Crippen LogP contribution in [0.15, 0.2) is 6.20 Å². The van der Waals surface area contributed by atoms with E-state index in [9.17, 15) is 4.39 Å². The molecule has 2 heterocycles. The zero-order valence-electron chi connectivity index (χ0n) is 12.0. The van der Waals surface area contributed by atoms with Crippen LogP contribution in [-0.4, -0.2) is 19.6 Å². The van der Waals surface area contributed by atoms with E-state index in [1.807, 2.05) is 17.8 Å². The van der Waals surface area contributed by atoms with E-state index in [0.717, 1.165) is 11.4 Å². The van der Waals surface area contributed by atoms with Crippen molar-refractivity contribution in [1.82, 2.24) is 19.6 Å². The van der Waals surface area contributed by atoms with Crippen LogP contribution in [0.25, 0.3) is 0 Å². The summed E-state index contributed by atoms with van der Waals surface area (Å²) >= 11 is 0. The maximum Gasteiger partial charge on any atom is 0.216 e. The van der Waals surface area contributed by atoms with Crippen LogP contribution in [-0.2, 0) is 13.6 Å².